The fraction of sp³-hybridized carbons (Fsp3) is 0.105. The topological polar surface area (TPSA) is 32.6 Å². The SMILES string of the molecule is CC(Cc1ccc2c3c(cccc13)-c1ccccc1-2)=NO. The van der Waals surface area contributed by atoms with Crippen LogP contribution >= 0.6 is 0 Å². The monoisotopic (exact) mass is 273 g/mol. The Kier molecular flexibility index (Phi) is 2.58. The van der Waals surface area contributed by atoms with Gasteiger partial charge in [-0.1, -0.05) is 59.8 Å². The molecule has 3 aromatic carbocycles. The van der Waals surface area contributed by atoms with E-state index in [4.69, 9.17) is 5.21 Å². The Balaban J connectivity index is 2.04. The molecule has 0 amide bonds. The summed E-state index contributed by atoms with van der Waals surface area (Å²) in [5.74, 6) is 0. The summed E-state index contributed by atoms with van der Waals surface area (Å²) in [5.41, 5.74) is 7.16. The quantitative estimate of drug-likeness (QED) is 0.315. The molecule has 0 saturated carbocycles. The molecule has 0 atom stereocenters. The molecule has 1 aliphatic carbocycles. The molecule has 1 N–H and O–H groups in total. The lowest BCUT2D eigenvalue weighted by molar-refractivity contribution is 0.317. The lowest BCUT2D eigenvalue weighted by atomic mass is 9.96. The van der Waals surface area contributed by atoms with Crippen LogP contribution < -0.4 is 0 Å². The normalized spacial score (nSPS) is 12.7. The highest BCUT2D eigenvalue weighted by Gasteiger charge is 2.21. The Bertz CT molecular complexity index is 864. The van der Waals surface area contributed by atoms with Gasteiger partial charge in [-0.2, -0.15) is 0 Å². The Morgan fingerprint density at radius 1 is 0.857 bits per heavy atom. The number of nitrogens with zero attached hydrogens (tertiary/aromatic N) is 1. The van der Waals surface area contributed by atoms with Crippen LogP contribution in [0.25, 0.3) is 33.0 Å². The third-order valence-corrected chi connectivity index (χ3v) is 4.26. The van der Waals surface area contributed by atoms with Gasteiger partial charge >= 0.3 is 0 Å². The van der Waals surface area contributed by atoms with Crippen LogP contribution in [0.1, 0.15) is 12.5 Å². The van der Waals surface area contributed by atoms with Gasteiger partial charge in [0, 0.05) is 6.42 Å². The molecule has 21 heavy (non-hydrogen) atoms. The standard InChI is InChI=1S/C19H15NO/c1-12(20-21)11-13-9-10-18-16-6-3-2-5-15(16)17-8-4-7-14(13)19(17)18/h2-10,21H,11H2,1H3. The van der Waals surface area contributed by atoms with Crippen molar-refractivity contribution in [1.29, 1.82) is 0 Å². The van der Waals surface area contributed by atoms with Gasteiger partial charge in [-0.25, -0.2) is 0 Å². The molecule has 1 aliphatic rings. The average Bonchev–Trinajstić information content (AvgIpc) is 2.86. The number of hydrogen-bond donors (Lipinski definition) is 1. The largest absolute Gasteiger partial charge is 0.411 e. The lowest BCUT2D eigenvalue weighted by Crippen LogP contribution is -1.98. The zero-order chi connectivity index (χ0) is 14.4. The first-order valence-electron chi connectivity index (χ1n) is 7.11. The van der Waals surface area contributed by atoms with E-state index in [-0.39, 0.29) is 0 Å². The van der Waals surface area contributed by atoms with E-state index in [2.05, 4.69) is 59.8 Å². The summed E-state index contributed by atoms with van der Waals surface area (Å²) in [6.45, 7) is 1.85. The molecule has 0 aromatic heterocycles. The molecule has 0 radical (unpaired) electrons. The molecule has 0 unspecified atom stereocenters. The van der Waals surface area contributed by atoms with Crippen LogP contribution in [0.5, 0.6) is 0 Å². The number of fused-ring (bicyclic) bond motifs is 3. The van der Waals surface area contributed by atoms with Crippen molar-refractivity contribution in [2.24, 2.45) is 5.16 Å². The highest BCUT2D eigenvalue weighted by atomic mass is 16.4. The van der Waals surface area contributed by atoms with Crippen molar-refractivity contribution in [2.45, 2.75) is 13.3 Å². The zero-order valence-corrected chi connectivity index (χ0v) is 11.8. The fourth-order valence-electron chi connectivity index (χ4n) is 3.33. The van der Waals surface area contributed by atoms with Crippen LogP contribution in [0.3, 0.4) is 0 Å². The van der Waals surface area contributed by atoms with E-state index in [0.717, 1.165) is 5.71 Å². The van der Waals surface area contributed by atoms with Crippen molar-refractivity contribution in [1.82, 2.24) is 0 Å². The molecule has 0 fully saturated rings. The van der Waals surface area contributed by atoms with E-state index >= 15 is 0 Å². The lowest BCUT2D eigenvalue weighted by Gasteiger charge is -2.08. The molecule has 2 heteroatoms. The van der Waals surface area contributed by atoms with Crippen LogP contribution in [0.4, 0.5) is 0 Å². The molecular formula is C19H15NO. The number of rotatable bonds is 2. The molecular weight excluding hydrogens is 258 g/mol. The number of benzene rings is 3. The van der Waals surface area contributed by atoms with E-state index in [1.807, 2.05) is 6.92 Å². The van der Waals surface area contributed by atoms with Crippen molar-refractivity contribution in [3.63, 3.8) is 0 Å². The molecule has 0 bridgehead atoms. The number of oxime groups is 1. The molecule has 0 saturated heterocycles. The molecule has 102 valence electrons. The second kappa shape index (κ2) is 4.45. The fourth-order valence-corrected chi connectivity index (χ4v) is 3.33. The Morgan fingerprint density at radius 2 is 1.52 bits per heavy atom. The third-order valence-electron chi connectivity index (χ3n) is 4.26. The maximum Gasteiger partial charge on any atom is 0.0583 e. The molecule has 0 heterocycles. The predicted molar refractivity (Wildman–Crippen MR) is 87.0 cm³/mol. The van der Waals surface area contributed by atoms with Crippen molar-refractivity contribution in [2.75, 3.05) is 0 Å². The van der Waals surface area contributed by atoms with Gasteiger partial charge in [-0.15, -0.1) is 0 Å². The van der Waals surface area contributed by atoms with Crippen molar-refractivity contribution < 1.29 is 5.21 Å². The van der Waals surface area contributed by atoms with E-state index in [1.165, 1.54) is 38.6 Å². The maximum absolute atomic E-state index is 8.92. The van der Waals surface area contributed by atoms with Gasteiger partial charge in [-0.3, -0.25) is 0 Å². The third kappa shape index (κ3) is 1.69. The summed E-state index contributed by atoms with van der Waals surface area (Å²) in [5, 5.41) is 14.8. The maximum atomic E-state index is 8.92. The first-order chi connectivity index (χ1) is 10.3. The van der Waals surface area contributed by atoms with Gasteiger partial charge in [0.05, 0.1) is 5.71 Å². The minimum Gasteiger partial charge on any atom is -0.411 e. The molecule has 2 nitrogen and oxygen atoms in total. The first-order valence-corrected chi connectivity index (χ1v) is 7.11. The minimum atomic E-state index is 0.674. The summed E-state index contributed by atoms with van der Waals surface area (Å²) >= 11 is 0. The van der Waals surface area contributed by atoms with E-state index in [9.17, 15) is 0 Å². The van der Waals surface area contributed by atoms with Crippen LogP contribution in [0.2, 0.25) is 0 Å². The van der Waals surface area contributed by atoms with E-state index in [1.54, 1.807) is 0 Å². The zero-order valence-electron chi connectivity index (χ0n) is 11.8. The van der Waals surface area contributed by atoms with Crippen molar-refractivity contribution in [3.05, 3.63) is 60.2 Å². The molecule has 3 aromatic rings. The first kappa shape index (κ1) is 12.2. The van der Waals surface area contributed by atoms with Gasteiger partial charge in [0.2, 0.25) is 0 Å². The van der Waals surface area contributed by atoms with Gasteiger partial charge in [0.1, 0.15) is 0 Å². The van der Waals surface area contributed by atoms with Crippen molar-refractivity contribution in [3.8, 4) is 22.3 Å². The average molecular weight is 273 g/mol. The van der Waals surface area contributed by atoms with Crippen molar-refractivity contribution >= 4 is 16.5 Å². The van der Waals surface area contributed by atoms with Crippen LogP contribution in [-0.2, 0) is 6.42 Å². The van der Waals surface area contributed by atoms with Crippen LogP contribution in [0.15, 0.2) is 59.8 Å². The highest BCUT2D eigenvalue weighted by molar-refractivity contribution is 6.16. The Hall–Kier alpha value is -2.61. The Labute approximate surface area is 123 Å². The van der Waals surface area contributed by atoms with Gasteiger partial charge in [0.25, 0.3) is 0 Å². The molecule has 4 rings (SSSR count). The van der Waals surface area contributed by atoms with E-state index in [0.29, 0.717) is 6.42 Å². The number of hydrogen-bond acceptors (Lipinski definition) is 2. The second-order valence-electron chi connectivity index (χ2n) is 5.56. The summed E-state index contributed by atoms with van der Waals surface area (Å²) in [6.07, 6.45) is 0.674. The summed E-state index contributed by atoms with van der Waals surface area (Å²) in [7, 11) is 0. The van der Waals surface area contributed by atoms with Gasteiger partial charge in [-0.05, 0) is 45.5 Å². The summed E-state index contributed by atoms with van der Waals surface area (Å²) in [4.78, 5) is 0. The van der Waals surface area contributed by atoms with E-state index < -0.39 is 0 Å². The summed E-state index contributed by atoms with van der Waals surface area (Å²) < 4.78 is 0. The predicted octanol–water partition coefficient (Wildman–Crippen LogP) is 4.88. The summed E-state index contributed by atoms with van der Waals surface area (Å²) in [6, 6.07) is 19.4. The van der Waals surface area contributed by atoms with Crippen LogP contribution in [-0.4, -0.2) is 10.9 Å². The Morgan fingerprint density at radius 3 is 2.24 bits per heavy atom. The van der Waals surface area contributed by atoms with Gasteiger partial charge < -0.3 is 5.21 Å². The second-order valence-corrected chi connectivity index (χ2v) is 5.56. The molecule has 0 aliphatic heterocycles. The smallest absolute Gasteiger partial charge is 0.0583 e. The minimum absolute atomic E-state index is 0.674. The van der Waals surface area contributed by atoms with Gasteiger partial charge in [0.15, 0.2) is 0 Å². The highest BCUT2D eigenvalue weighted by Crippen LogP contribution is 2.47. The molecule has 0 spiro atoms. The van der Waals surface area contributed by atoms with Crippen LogP contribution in [0, 0.1) is 0 Å².